The molecule has 33 heavy (non-hydrogen) atoms. The topological polar surface area (TPSA) is 145 Å². The monoisotopic (exact) mass is 471 g/mol. The van der Waals surface area contributed by atoms with E-state index in [4.69, 9.17) is 14.2 Å². The quantitative estimate of drug-likeness (QED) is 0.219. The van der Waals surface area contributed by atoms with Gasteiger partial charge in [-0.15, -0.1) is 0 Å². The Morgan fingerprint density at radius 3 is 2.39 bits per heavy atom. The Labute approximate surface area is 192 Å². The van der Waals surface area contributed by atoms with Crippen molar-refractivity contribution in [2.24, 2.45) is 0 Å². The van der Waals surface area contributed by atoms with Gasteiger partial charge in [0.15, 0.2) is 0 Å². The van der Waals surface area contributed by atoms with E-state index in [2.05, 4.69) is 16.0 Å². The van der Waals surface area contributed by atoms with Gasteiger partial charge in [0.2, 0.25) is 12.1 Å². The maximum absolute atomic E-state index is 13.1. The summed E-state index contributed by atoms with van der Waals surface area (Å²) in [5.74, 6) is -2.53. The van der Waals surface area contributed by atoms with Crippen molar-refractivity contribution in [1.82, 2.24) is 16.0 Å². The van der Waals surface area contributed by atoms with Crippen molar-refractivity contribution in [1.29, 1.82) is 0 Å². The molecule has 7 N–H and O–H groups in total. The van der Waals surface area contributed by atoms with Crippen molar-refractivity contribution in [2.75, 3.05) is 33.8 Å². The molecule has 0 radical (unpaired) electrons. The highest BCUT2D eigenvalue weighted by Gasteiger charge is 2.67. The lowest BCUT2D eigenvalue weighted by atomic mass is 9.78. The van der Waals surface area contributed by atoms with Crippen LogP contribution in [-0.4, -0.2) is 108 Å². The second kappa shape index (κ2) is 9.78. The molecule has 11 heteroatoms. The molecule has 1 aromatic rings. The minimum Gasteiger partial charge on any atom is -0.390 e. The minimum atomic E-state index is -2.23. The van der Waals surface area contributed by atoms with E-state index in [1.165, 1.54) is 12.1 Å². The first-order valence-corrected chi connectivity index (χ1v) is 11.3. The summed E-state index contributed by atoms with van der Waals surface area (Å²) in [7, 11) is 3.26. The van der Waals surface area contributed by atoms with Crippen LogP contribution >= 0.6 is 0 Å². The standard InChI is InChI=1S/C22H34FN3O7/c1-24-14-16(27)15(25-2)18-19(17(14)28)32-20-22(30,33-18)21(29,8-10-31-20)11-26-9-7-12-3-5-13(23)6-4-12/h3-6,14-20,24-30H,7-11H2,1-2H3. The zero-order valence-corrected chi connectivity index (χ0v) is 18.8. The van der Waals surface area contributed by atoms with E-state index in [0.717, 1.165) is 5.56 Å². The van der Waals surface area contributed by atoms with Crippen molar-refractivity contribution < 1.29 is 39.0 Å². The third kappa shape index (κ3) is 4.43. The van der Waals surface area contributed by atoms with Crippen molar-refractivity contribution in [3.05, 3.63) is 35.6 Å². The van der Waals surface area contributed by atoms with E-state index in [-0.39, 0.29) is 25.4 Å². The fourth-order valence-corrected chi connectivity index (χ4v) is 5.08. The first-order chi connectivity index (χ1) is 15.7. The Morgan fingerprint density at radius 1 is 1.03 bits per heavy atom. The molecule has 10 nitrogen and oxygen atoms in total. The molecule has 1 aliphatic carbocycles. The molecule has 1 aromatic carbocycles. The van der Waals surface area contributed by atoms with E-state index in [9.17, 15) is 24.8 Å². The van der Waals surface area contributed by atoms with Crippen LogP contribution in [0, 0.1) is 5.82 Å². The molecule has 1 saturated carbocycles. The summed E-state index contributed by atoms with van der Waals surface area (Å²) < 4.78 is 30.6. The van der Waals surface area contributed by atoms with Crippen LogP contribution in [0.5, 0.6) is 0 Å². The smallest absolute Gasteiger partial charge is 0.249 e. The SMILES string of the molecule is CNC1C(O)C(NC)C2OC3(O)C(OCCC3(O)CNCCc3ccc(F)cc3)OC2C1O. The normalized spacial score (nSPS) is 43.1. The third-order valence-electron chi connectivity index (χ3n) is 7.07. The van der Waals surface area contributed by atoms with Crippen LogP contribution in [-0.2, 0) is 20.6 Å². The molecule has 9 atom stereocenters. The number of rotatable bonds is 7. The predicted octanol–water partition coefficient (Wildman–Crippen LogP) is -2.18. The van der Waals surface area contributed by atoms with Crippen LogP contribution in [0.25, 0.3) is 0 Å². The van der Waals surface area contributed by atoms with Gasteiger partial charge >= 0.3 is 0 Å². The van der Waals surface area contributed by atoms with Crippen LogP contribution in [0.3, 0.4) is 0 Å². The molecule has 0 spiro atoms. The second-order valence-corrected chi connectivity index (χ2v) is 9.03. The number of likely N-dealkylation sites (N-methyl/N-ethyl adjacent to an activating group) is 2. The van der Waals surface area contributed by atoms with Gasteiger partial charge in [-0.05, 0) is 44.8 Å². The summed E-state index contributed by atoms with van der Waals surface area (Å²) in [5, 5.41) is 53.4. The van der Waals surface area contributed by atoms with Gasteiger partial charge in [0.05, 0.1) is 24.8 Å². The summed E-state index contributed by atoms with van der Waals surface area (Å²) in [6.45, 7) is 0.580. The van der Waals surface area contributed by atoms with Crippen molar-refractivity contribution >= 4 is 0 Å². The summed E-state index contributed by atoms with van der Waals surface area (Å²) >= 11 is 0. The van der Waals surface area contributed by atoms with Gasteiger partial charge in [0.25, 0.3) is 0 Å². The van der Waals surface area contributed by atoms with Crippen molar-refractivity contribution in [3.8, 4) is 0 Å². The number of nitrogens with one attached hydrogen (secondary N) is 3. The van der Waals surface area contributed by atoms with E-state index >= 15 is 0 Å². The average Bonchev–Trinajstić information content (AvgIpc) is 2.79. The molecule has 3 aliphatic rings. The van der Waals surface area contributed by atoms with Crippen molar-refractivity contribution in [3.63, 3.8) is 0 Å². The number of aliphatic hydroxyl groups excluding tert-OH is 2. The van der Waals surface area contributed by atoms with Gasteiger partial charge in [0, 0.05) is 13.0 Å². The minimum absolute atomic E-state index is 0.0141. The Balaban J connectivity index is 1.47. The van der Waals surface area contributed by atoms with Gasteiger partial charge in [-0.25, -0.2) is 4.39 Å². The highest BCUT2D eigenvalue weighted by Crippen LogP contribution is 2.44. The Kier molecular flexibility index (Phi) is 7.37. The van der Waals surface area contributed by atoms with Crippen LogP contribution in [0.15, 0.2) is 24.3 Å². The van der Waals surface area contributed by atoms with Gasteiger partial charge in [-0.3, -0.25) is 0 Å². The zero-order chi connectivity index (χ0) is 23.8. The molecule has 2 heterocycles. The number of halogens is 1. The first kappa shape index (κ1) is 24.9. The lowest BCUT2D eigenvalue weighted by Crippen LogP contribution is -2.80. The lowest BCUT2D eigenvalue weighted by Gasteiger charge is -2.59. The average molecular weight is 472 g/mol. The number of benzene rings is 1. The molecule has 2 aliphatic heterocycles. The molecule has 9 unspecified atom stereocenters. The van der Waals surface area contributed by atoms with Crippen molar-refractivity contribution in [2.45, 2.75) is 67.0 Å². The number of aliphatic hydroxyl groups is 4. The lowest BCUT2D eigenvalue weighted by molar-refractivity contribution is -0.475. The molecule has 0 amide bonds. The van der Waals surface area contributed by atoms with E-state index < -0.39 is 54.2 Å². The molecule has 0 aromatic heterocycles. The van der Waals surface area contributed by atoms with Gasteiger partial charge in [-0.2, -0.15) is 0 Å². The van der Waals surface area contributed by atoms with E-state index in [1.807, 2.05) is 0 Å². The first-order valence-electron chi connectivity index (χ1n) is 11.3. The Bertz CT molecular complexity index is 805. The van der Waals surface area contributed by atoms with Crippen LogP contribution < -0.4 is 16.0 Å². The molecule has 4 rings (SSSR count). The van der Waals surface area contributed by atoms with Crippen LogP contribution in [0.4, 0.5) is 4.39 Å². The number of hydrogen-bond acceptors (Lipinski definition) is 10. The summed E-state index contributed by atoms with van der Waals surface area (Å²) in [6, 6.07) is 4.80. The molecular weight excluding hydrogens is 437 g/mol. The van der Waals surface area contributed by atoms with E-state index in [0.29, 0.717) is 13.0 Å². The van der Waals surface area contributed by atoms with Crippen LogP contribution in [0.2, 0.25) is 0 Å². The van der Waals surface area contributed by atoms with Gasteiger partial charge in [0.1, 0.15) is 29.7 Å². The third-order valence-corrected chi connectivity index (χ3v) is 7.07. The summed E-state index contributed by atoms with van der Waals surface area (Å²) in [4.78, 5) is 0. The highest BCUT2D eigenvalue weighted by atomic mass is 19.1. The Hall–Kier alpha value is -1.25. The maximum Gasteiger partial charge on any atom is 0.249 e. The molecular formula is C22H34FN3O7. The van der Waals surface area contributed by atoms with Gasteiger partial charge in [-0.1, -0.05) is 12.1 Å². The zero-order valence-electron chi connectivity index (χ0n) is 18.8. The fourth-order valence-electron chi connectivity index (χ4n) is 5.08. The largest absolute Gasteiger partial charge is 0.390 e. The fraction of sp³-hybridized carbons (Fsp3) is 0.727. The highest BCUT2D eigenvalue weighted by molar-refractivity contribution is 5.16. The summed E-state index contributed by atoms with van der Waals surface area (Å²) in [6.07, 6.45) is -4.65. The molecule has 186 valence electrons. The van der Waals surface area contributed by atoms with Crippen LogP contribution in [0.1, 0.15) is 12.0 Å². The Morgan fingerprint density at radius 2 is 1.73 bits per heavy atom. The number of hydrogen-bond donors (Lipinski definition) is 7. The van der Waals surface area contributed by atoms with E-state index in [1.54, 1.807) is 26.2 Å². The number of ether oxygens (including phenoxy) is 3. The molecule has 3 fully saturated rings. The maximum atomic E-state index is 13.1. The number of fused-ring (bicyclic) bond motifs is 2. The molecule has 0 bridgehead atoms. The molecule has 2 saturated heterocycles. The van der Waals surface area contributed by atoms with Gasteiger partial charge < -0.3 is 50.6 Å². The summed E-state index contributed by atoms with van der Waals surface area (Å²) in [5.41, 5.74) is -0.821. The predicted molar refractivity (Wildman–Crippen MR) is 115 cm³/mol. The second-order valence-electron chi connectivity index (χ2n) is 9.03.